The van der Waals surface area contributed by atoms with Crippen molar-refractivity contribution < 1.29 is 33.3 Å². The van der Waals surface area contributed by atoms with Crippen molar-refractivity contribution in [3.63, 3.8) is 0 Å². The maximum Gasteiger partial charge on any atom is 0.344 e. The van der Waals surface area contributed by atoms with E-state index in [0.29, 0.717) is 0 Å². The molecule has 0 radical (unpaired) electrons. The van der Waals surface area contributed by atoms with Gasteiger partial charge in [0.2, 0.25) is 5.82 Å². The third-order valence-electron chi connectivity index (χ3n) is 2.98. The van der Waals surface area contributed by atoms with E-state index in [1.54, 1.807) is 6.92 Å². The lowest BCUT2D eigenvalue weighted by atomic mass is 10.1. The standard InChI is InChI=1S/C13H11F2NO5/c1-6-5-21-11-9(3-2-8(14)10(11)15)16(6)4-7(12(17)18)13(19)20/h2-4,6H,5H2,1H3,(H,17,18)(H,19,20). The zero-order valence-electron chi connectivity index (χ0n) is 10.8. The zero-order chi connectivity index (χ0) is 15.7. The Balaban J connectivity index is 2.56. The Morgan fingerprint density at radius 1 is 1.33 bits per heavy atom. The van der Waals surface area contributed by atoms with Crippen LogP contribution in [0.5, 0.6) is 5.75 Å². The van der Waals surface area contributed by atoms with Crippen LogP contribution in [0.4, 0.5) is 14.5 Å². The summed E-state index contributed by atoms with van der Waals surface area (Å²) in [6.45, 7) is 1.58. The number of fused-ring (bicyclic) bond motifs is 1. The van der Waals surface area contributed by atoms with Gasteiger partial charge in [0.25, 0.3) is 0 Å². The van der Waals surface area contributed by atoms with Crippen LogP contribution in [0.1, 0.15) is 6.92 Å². The maximum atomic E-state index is 13.7. The summed E-state index contributed by atoms with van der Waals surface area (Å²) in [5, 5.41) is 17.7. The van der Waals surface area contributed by atoms with E-state index in [1.807, 2.05) is 0 Å². The summed E-state index contributed by atoms with van der Waals surface area (Å²) in [6, 6.07) is 1.61. The number of rotatable bonds is 3. The predicted octanol–water partition coefficient (Wildman–Crippen LogP) is 1.61. The molecule has 0 aliphatic carbocycles. The number of carboxylic acids is 2. The lowest BCUT2D eigenvalue weighted by molar-refractivity contribution is -0.140. The lowest BCUT2D eigenvalue weighted by Crippen LogP contribution is -2.38. The van der Waals surface area contributed by atoms with Crippen LogP contribution in [0.3, 0.4) is 0 Å². The summed E-state index contributed by atoms with van der Waals surface area (Å²) in [6.07, 6.45) is 0.869. The summed E-state index contributed by atoms with van der Waals surface area (Å²) in [4.78, 5) is 23.1. The van der Waals surface area contributed by atoms with E-state index >= 15 is 0 Å². The monoisotopic (exact) mass is 299 g/mol. The number of halogens is 2. The van der Waals surface area contributed by atoms with Crippen LogP contribution in [0.2, 0.25) is 0 Å². The molecule has 1 aliphatic rings. The van der Waals surface area contributed by atoms with Gasteiger partial charge in [0, 0.05) is 6.20 Å². The second-order valence-corrected chi connectivity index (χ2v) is 4.43. The van der Waals surface area contributed by atoms with Gasteiger partial charge in [-0.05, 0) is 19.1 Å². The number of carbonyl (C=O) groups is 2. The first-order valence-corrected chi connectivity index (χ1v) is 5.90. The largest absolute Gasteiger partial charge is 0.486 e. The molecule has 0 saturated heterocycles. The van der Waals surface area contributed by atoms with Crippen molar-refractivity contribution in [1.29, 1.82) is 0 Å². The molecule has 0 saturated carbocycles. The van der Waals surface area contributed by atoms with Gasteiger partial charge in [0.15, 0.2) is 17.1 Å². The van der Waals surface area contributed by atoms with Gasteiger partial charge in [-0.2, -0.15) is 4.39 Å². The minimum absolute atomic E-state index is 0.0452. The number of benzene rings is 1. The predicted molar refractivity (Wildman–Crippen MR) is 67.1 cm³/mol. The van der Waals surface area contributed by atoms with Crippen molar-refractivity contribution in [2.24, 2.45) is 0 Å². The second-order valence-electron chi connectivity index (χ2n) is 4.43. The van der Waals surface area contributed by atoms with Crippen LogP contribution < -0.4 is 9.64 Å². The number of carboxylic acid groups (broad SMARTS) is 2. The van der Waals surface area contributed by atoms with E-state index < -0.39 is 35.2 Å². The van der Waals surface area contributed by atoms with Gasteiger partial charge in [-0.1, -0.05) is 0 Å². The Labute approximate surface area is 117 Å². The minimum Gasteiger partial charge on any atom is -0.486 e. The van der Waals surface area contributed by atoms with Gasteiger partial charge >= 0.3 is 11.9 Å². The molecule has 0 amide bonds. The third kappa shape index (κ3) is 2.64. The first-order chi connectivity index (χ1) is 9.82. The second kappa shape index (κ2) is 5.39. The molecule has 0 fully saturated rings. The van der Waals surface area contributed by atoms with Crippen LogP contribution in [0, 0.1) is 11.6 Å². The van der Waals surface area contributed by atoms with Crippen LogP contribution in [-0.2, 0) is 9.59 Å². The Kier molecular flexibility index (Phi) is 3.79. The molecule has 21 heavy (non-hydrogen) atoms. The SMILES string of the molecule is CC1COc2c(ccc(F)c2F)N1C=C(C(=O)O)C(=O)O. The average Bonchev–Trinajstić information content (AvgIpc) is 2.40. The summed E-state index contributed by atoms with van der Waals surface area (Å²) in [5.41, 5.74) is -0.827. The highest BCUT2D eigenvalue weighted by Gasteiger charge is 2.29. The third-order valence-corrected chi connectivity index (χ3v) is 2.98. The van der Waals surface area contributed by atoms with Gasteiger partial charge in [-0.25, -0.2) is 14.0 Å². The molecular formula is C13H11F2NO5. The van der Waals surface area contributed by atoms with Gasteiger partial charge in [0.1, 0.15) is 6.61 Å². The summed E-state index contributed by atoms with van der Waals surface area (Å²) in [7, 11) is 0. The molecular weight excluding hydrogens is 288 g/mol. The van der Waals surface area contributed by atoms with Gasteiger partial charge in [-0.3, -0.25) is 0 Å². The van der Waals surface area contributed by atoms with Gasteiger partial charge < -0.3 is 19.8 Å². The zero-order valence-corrected chi connectivity index (χ0v) is 10.8. The quantitative estimate of drug-likeness (QED) is 0.501. The first-order valence-electron chi connectivity index (χ1n) is 5.90. The van der Waals surface area contributed by atoms with E-state index in [0.717, 1.165) is 12.3 Å². The molecule has 6 nitrogen and oxygen atoms in total. The number of hydrogen-bond acceptors (Lipinski definition) is 4. The Bertz CT molecular complexity index is 628. The van der Waals surface area contributed by atoms with Crippen molar-refractivity contribution in [3.8, 4) is 5.75 Å². The summed E-state index contributed by atoms with van der Waals surface area (Å²) >= 11 is 0. The number of hydrogen-bond donors (Lipinski definition) is 2. The van der Waals surface area contributed by atoms with E-state index in [1.165, 1.54) is 11.0 Å². The van der Waals surface area contributed by atoms with Crippen LogP contribution in [-0.4, -0.2) is 34.8 Å². The van der Waals surface area contributed by atoms with Gasteiger partial charge in [-0.15, -0.1) is 0 Å². The topological polar surface area (TPSA) is 87.1 Å². The molecule has 1 unspecified atom stereocenters. The fourth-order valence-electron chi connectivity index (χ4n) is 1.92. The van der Waals surface area contributed by atoms with Crippen molar-refractivity contribution in [2.75, 3.05) is 11.5 Å². The molecule has 112 valence electrons. The van der Waals surface area contributed by atoms with Crippen molar-refractivity contribution in [3.05, 3.63) is 35.5 Å². The Morgan fingerprint density at radius 2 is 1.95 bits per heavy atom. The van der Waals surface area contributed by atoms with E-state index in [2.05, 4.69) is 0 Å². The normalized spacial score (nSPS) is 16.7. The summed E-state index contributed by atoms with van der Waals surface area (Å²) in [5.74, 6) is -5.95. The van der Waals surface area contributed by atoms with E-state index in [-0.39, 0.29) is 18.0 Å². The number of nitrogens with zero attached hydrogens (tertiary/aromatic N) is 1. The molecule has 0 bridgehead atoms. The fourth-order valence-corrected chi connectivity index (χ4v) is 1.92. The molecule has 0 aromatic heterocycles. The van der Waals surface area contributed by atoms with E-state index in [4.69, 9.17) is 14.9 Å². The van der Waals surface area contributed by atoms with Crippen LogP contribution >= 0.6 is 0 Å². The number of anilines is 1. The smallest absolute Gasteiger partial charge is 0.344 e. The number of aliphatic carboxylic acids is 2. The molecule has 2 N–H and O–H groups in total. The molecule has 1 aliphatic heterocycles. The van der Waals surface area contributed by atoms with Crippen LogP contribution in [0.25, 0.3) is 0 Å². The highest BCUT2D eigenvalue weighted by atomic mass is 19.2. The Morgan fingerprint density at radius 3 is 2.52 bits per heavy atom. The average molecular weight is 299 g/mol. The molecule has 0 spiro atoms. The molecule has 8 heteroatoms. The van der Waals surface area contributed by atoms with Crippen molar-refractivity contribution >= 4 is 17.6 Å². The van der Waals surface area contributed by atoms with Gasteiger partial charge in [0.05, 0.1) is 11.7 Å². The Hall–Kier alpha value is -2.64. The van der Waals surface area contributed by atoms with Crippen LogP contribution in [0.15, 0.2) is 23.9 Å². The molecule has 1 heterocycles. The highest BCUT2D eigenvalue weighted by molar-refractivity contribution is 6.12. The molecule has 2 rings (SSSR count). The maximum absolute atomic E-state index is 13.7. The lowest BCUT2D eigenvalue weighted by Gasteiger charge is -2.34. The first kappa shape index (κ1) is 14.8. The van der Waals surface area contributed by atoms with Crippen molar-refractivity contribution in [2.45, 2.75) is 13.0 Å². The van der Waals surface area contributed by atoms with Crippen molar-refractivity contribution in [1.82, 2.24) is 0 Å². The number of ether oxygens (including phenoxy) is 1. The molecule has 1 aromatic rings. The summed E-state index contributed by atoms with van der Waals surface area (Å²) < 4.78 is 31.9. The fraction of sp³-hybridized carbons (Fsp3) is 0.231. The minimum atomic E-state index is -1.63. The molecule has 1 atom stereocenters. The molecule has 1 aromatic carbocycles. The van der Waals surface area contributed by atoms with E-state index in [9.17, 15) is 18.4 Å². The highest BCUT2D eigenvalue weighted by Crippen LogP contribution is 2.37.